The molecule has 1 aliphatic rings. The van der Waals surface area contributed by atoms with Crippen molar-refractivity contribution in [2.45, 2.75) is 38.8 Å². The van der Waals surface area contributed by atoms with Crippen LogP contribution in [0.2, 0.25) is 0 Å². The number of hydrogen-bond donors (Lipinski definition) is 2. The highest BCUT2D eigenvalue weighted by molar-refractivity contribution is 5.82. The maximum Gasteiger partial charge on any atom is 0.326 e. The van der Waals surface area contributed by atoms with E-state index in [1.807, 2.05) is 14.1 Å². The van der Waals surface area contributed by atoms with Crippen LogP contribution in [-0.4, -0.2) is 66.2 Å². The summed E-state index contributed by atoms with van der Waals surface area (Å²) in [6.45, 7) is 4.94. The molecule has 6 heteroatoms. The molecule has 1 saturated heterocycles. The number of urea groups is 1. The first kappa shape index (κ1) is 15.8. The van der Waals surface area contributed by atoms with Gasteiger partial charge in [0.2, 0.25) is 0 Å². The van der Waals surface area contributed by atoms with Gasteiger partial charge in [0.05, 0.1) is 0 Å². The molecule has 110 valence electrons. The molecule has 1 fully saturated rings. The summed E-state index contributed by atoms with van der Waals surface area (Å²) in [5.41, 5.74) is 0. The van der Waals surface area contributed by atoms with E-state index in [9.17, 15) is 9.59 Å². The van der Waals surface area contributed by atoms with Crippen molar-refractivity contribution in [1.29, 1.82) is 0 Å². The zero-order valence-corrected chi connectivity index (χ0v) is 12.2. The summed E-state index contributed by atoms with van der Waals surface area (Å²) in [6.07, 6.45) is 1.86. The number of aliphatic carboxylic acids is 1. The van der Waals surface area contributed by atoms with Gasteiger partial charge >= 0.3 is 12.0 Å². The Labute approximate surface area is 114 Å². The number of carbonyl (C=O) groups is 2. The predicted molar refractivity (Wildman–Crippen MR) is 73.1 cm³/mol. The monoisotopic (exact) mass is 271 g/mol. The van der Waals surface area contributed by atoms with Gasteiger partial charge in [0, 0.05) is 19.1 Å². The Morgan fingerprint density at radius 3 is 2.16 bits per heavy atom. The SMILES string of the molecule is CC(C)C(NC(=O)N1CCC(N(C)C)CC1)C(=O)O. The molecule has 0 aromatic rings. The van der Waals surface area contributed by atoms with Crippen LogP contribution in [0, 0.1) is 5.92 Å². The minimum absolute atomic E-state index is 0.124. The minimum Gasteiger partial charge on any atom is -0.480 e. The van der Waals surface area contributed by atoms with Crippen molar-refractivity contribution in [2.75, 3.05) is 27.2 Å². The van der Waals surface area contributed by atoms with Gasteiger partial charge < -0.3 is 20.2 Å². The molecule has 1 unspecified atom stereocenters. The Balaban J connectivity index is 2.49. The van der Waals surface area contributed by atoms with E-state index in [1.165, 1.54) is 0 Å². The van der Waals surface area contributed by atoms with Gasteiger partial charge in [-0.1, -0.05) is 13.8 Å². The Hall–Kier alpha value is -1.30. The molecule has 0 aliphatic carbocycles. The lowest BCUT2D eigenvalue weighted by Crippen LogP contribution is -2.53. The molecular formula is C13H25N3O3. The zero-order chi connectivity index (χ0) is 14.6. The quantitative estimate of drug-likeness (QED) is 0.794. The second-order valence-electron chi connectivity index (χ2n) is 5.69. The lowest BCUT2D eigenvalue weighted by Gasteiger charge is -2.35. The fraction of sp³-hybridized carbons (Fsp3) is 0.846. The maximum absolute atomic E-state index is 12.0. The average Bonchev–Trinajstić information content (AvgIpc) is 2.34. The highest BCUT2D eigenvalue weighted by Crippen LogP contribution is 2.14. The van der Waals surface area contributed by atoms with Crippen LogP contribution in [0.3, 0.4) is 0 Å². The number of carboxylic acids is 1. The summed E-state index contributed by atoms with van der Waals surface area (Å²) in [5, 5.41) is 11.7. The average molecular weight is 271 g/mol. The molecule has 1 rings (SSSR count). The fourth-order valence-corrected chi connectivity index (χ4v) is 2.32. The van der Waals surface area contributed by atoms with Crippen LogP contribution in [-0.2, 0) is 4.79 Å². The van der Waals surface area contributed by atoms with E-state index < -0.39 is 12.0 Å². The smallest absolute Gasteiger partial charge is 0.326 e. The molecule has 2 amide bonds. The summed E-state index contributed by atoms with van der Waals surface area (Å²) in [4.78, 5) is 27.0. The van der Waals surface area contributed by atoms with Crippen LogP contribution in [0.5, 0.6) is 0 Å². The first-order valence-electron chi connectivity index (χ1n) is 6.77. The molecule has 0 aromatic carbocycles. The first-order chi connectivity index (χ1) is 8.82. The van der Waals surface area contributed by atoms with E-state index in [-0.39, 0.29) is 11.9 Å². The maximum atomic E-state index is 12.0. The van der Waals surface area contributed by atoms with Gasteiger partial charge in [-0.15, -0.1) is 0 Å². The van der Waals surface area contributed by atoms with E-state index in [0.29, 0.717) is 19.1 Å². The molecule has 1 heterocycles. The summed E-state index contributed by atoms with van der Waals surface area (Å²) in [5.74, 6) is -1.10. The molecule has 6 nitrogen and oxygen atoms in total. The number of nitrogens with zero attached hydrogens (tertiary/aromatic N) is 2. The normalized spacial score (nSPS) is 18.7. The number of piperidine rings is 1. The van der Waals surface area contributed by atoms with Gasteiger partial charge in [0.1, 0.15) is 6.04 Å². The van der Waals surface area contributed by atoms with Crippen LogP contribution in [0.15, 0.2) is 0 Å². The molecule has 0 aromatic heterocycles. The van der Waals surface area contributed by atoms with E-state index in [4.69, 9.17) is 5.11 Å². The fourth-order valence-electron chi connectivity index (χ4n) is 2.32. The van der Waals surface area contributed by atoms with E-state index in [2.05, 4.69) is 10.2 Å². The highest BCUT2D eigenvalue weighted by Gasteiger charge is 2.28. The number of carbonyl (C=O) groups excluding carboxylic acids is 1. The molecule has 0 saturated carbocycles. The summed E-state index contributed by atoms with van der Waals surface area (Å²) in [7, 11) is 4.08. The van der Waals surface area contributed by atoms with Crippen molar-refractivity contribution in [3.63, 3.8) is 0 Å². The van der Waals surface area contributed by atoms with Crippen LogP contribution in [0.25, 0.3) is 0 Å². The van der Waals surface area contributed by atoms with Crippen molar-refractivity contribution < 1.29 is 14.7 Å². The summed E-state index contributed by atoms with van der Waals surface area (Å²) < 4.78 is 0. The van der Waals surface area contributed by atoms with E-state index in [1.54, 1.807) is 18.7 Å². The topological polar surface area (TPSA) is 72.9 Å². The number of likely N-dealkylation sites (tertiary alicyclic amines) is 1. The molecule has 0 radical (unpaired) electrons. The van der Waals surface area contributed by atoms with Crippen molar-refractivity contribution in [3.8, 4) is 0 Å². The third kappa shape index (κ3) is 4.38. The molecule has 0 spiro atoms. The third-order valence-electron chi connectivity index (χ3n) is 3.69. The number of nitrogens with one attached hydrogen (secondary N) is 1. The largest absolute Gasteiger partial charge is 0.480 e. The molecule has 1 aliphatic heterocycles. The van der Waals surface area contributed by atoms with Crippen LogP contribution >= 0.6 is 0 Å². The third-order valence-corrected chi connectivity index (χ3v) is 3.69. The van der Waals surface area contributed by atoms with Gasteiger partial charge in [-0.2, -0.15) is 0 Å². The Morgan fingerprint density at radius 2 is 1.79 bits per heavy atom. The van der Waals surface area contributed by atoms with Crippen molar-refractivity contribution in [3.05, 3.63) is 0 Å². The van der Waals surface area contributed by atoms with Crippen LogP contribution in [0.4, 0.5) is 4.79 Å². The summed E-state index contributed by atoms with van der Waals surface area (Å²) >= 11 is 0. The second-order valence-corrected chi connectivity index (χ2v) is 5.69. The molecule has 2 N–H and O–H groups in total. The second kappa shape index (κ2) is 6.75. The number of hydrogen-bond acceptors (Lipinski definition) is 3. The molecular weight excluding hydrogens is 246 g/mol. The van der Waals surface area contributed by atoms with Gasteiger partial charge in [0.25, 0.3) is 0 Å². The minimum atomic E-state index is -0.980. The molecule has 0 bridgehead atoms. The van der Waals surface area contributed by atoms with E-state index >= 15 is 0 Å². The summed E-state index contributed by atoms with van der Waals surface area (Å²) in [6, 6.07) is -0.582. The van der Waals surface area contributed by atoms with Crippen LogP contribution in [0.1, 0.15) is 26.7 Å². The lowest BCUT2D eigenvalue weighted by atomic mass is 10.0. The lowest BCUT2D eigenvalue weighted by molar-refractivity contribution is -0.140. The van der Waals surface area contributed by atoms with Gasteiger partial charge in [0.15, 0.2) is 0 Å². The van der Waals surface area contributed by atoms with Gasteiger partial charge in [-0.3, -0.25) is 0 Å². The standard InChI is InChI=1S/C13H25N3O3/c1-9(2)11(12(17)18)14-13(19)16-7-5-10(6-8-16)15(3)4/h9-11H,5-8H2,1-4H3,(H,14,19)(H,17,18). The highest BCUT2D eigenvalue weighted by atomic mass is 16.4. The number of carboxylic acid groups (broad SMARTS) is 1. The van der Waals surface area contributed by atoms with Gasteiger partial charge in [-0.05, 0) is 32.9 Å². The Morgan fingerprint density at radius 1 is 1.26 bits per heavy atom. The number of amides is 2. The Kier molecular flexibility index (Phi) is 5.60. The Bertz CT molecular complexity index is 323. The number of rotatable bonds is 4. The van der Waals surface area contributed by atoms with Crippen molar-refractivity contribution in [1.82, 2.24) is 15.1 Å². The zero-order valence-electron chi connectivity index (χ0n) is 12.2. The molecule has 1 atom stereocenters. The predicted octanol–water partition coefficient (Wildman–Crippen LogP) is 0.831. The first-order valence-corrected chi connectivity index (χ1v) is 6.77. The van der Waals surface area contributed by atoms with Crippen LogP contribution < -0.4 is 5.32 Å². The van der Waals surface area contributed by atoms with Crippen molar-refractivity contribution in [2.24, 2.45) is 5.92 Å². The van der Waals surface area contributed by atoms with Gasteiger partial charge in [-0.25, -0.2) is 9.59 Å². The molecule has 19 heavy (non-hydrogen) atoms. The van der Waals surface area contributed by atoms with E-state index in [0.717, 1.165) is 12.8 Å². The van der Waals surface area contributed by atoms with Crippen molar-refractivity contribution >= 4 is 12.0 Å².